The number of carbonyl (C=O) groups is 1. The quantitative estimate of drug-likeness (QED) is 0.827. The Balaban J connectivity index is 1.58. The highest BCUT2D eigenvalue weighted by atomic mass is 16.3. The number of nitrogens with one attached hydrogen (secondary N) is 1. The fourth-order valence-electron chi connectivity index (χ4n) is 2.95. The van der Waals surface area contributed by atoms with E-state index in [9.17, 15) is 4.79 Å². The second-order valence-electron chi connectivity index (χ2n) is 6.49. The van der Waals surface area contributed by atoms with E-state index in [2.05, 4.69) is 12.2 Å². The molecule has 0 aromatic carbocycles. The summed E-state index contributed by atoms with van der Waals surface area (Å²) < 4.78 is 11.3. The summed E-state index contributed by atoms with van der Waals surface area (Å²) in [6.45, 7) is 7.98. The van der Waals surface area contributed by atoms with E-state index in [1.165, 1.54) is 12.5 Å². The third kappa shape index (κ3) is 3.58. The molecule has 0 aliphatic heterocycles. The summed E-state index contributed by atoms with van der Waals surface area (Å²) in [6.07, 6.45) is 4.42. The Morgan fingerprint density at radius 2 is 2.09 bits per heavy atom. The van der Waals surface area contributed by atoms with Gasteiger partial charge in [0.1, 0.15) is 23.0 Å². The van der Waals surface area contributed by atoms with Crippen LogP contribution in [0.5, 0.6) is 0 Å². The molecule has 2 aromatic rings. The number of hydrogen-bond acceptors (Lipinski definition) is 3. The van der Waals surface area contributed by atoms with Gasteiger partial charge in [0.25, 0.3) is 0 Å². The van der Waals surface area contributed by atoms with Crippen molar-refractivity contribution in [3.8, 4) is 0 Å². The van der Waals surface area contributed by atoms with Crippen LogP contribution in [0.4, 0.5) is 0 Å². The van der Waals surface area contributed by atoms with E-state index in [1.54, 1.807) is 6.08 Å². The maximum Gasteiger partial charge on any atom is 0.244 e. The lowest BCUT2D eigenvalue weighted by Gasteiger charge is -2.11. The van der Waals surface area contributed by atoms with Gasteiger partial charge in [-0.25, -0.2) is 0 Å². The van der Waals surface area contributed by atoms with Gasteiger partial charge in [-0.05, 0) is 57.4 Å². The fraction of sp³-hybridized carbons (Fsp3) is 0.421. The van der Waals surface area contributed by atoms with Gasteiger partial charge >= 0.3 is 0 Å². The SMILES string of the molecule is Cc1cc(C(C)NC(=O)/C=C/c2ccc(C3CC3C)o2)c(C)o1. The lowest BCUT2D eigenvalue weighted by molar-refractivity contribution is -0.117. The molecule has 1 saturated carbocycles. The number of amides is 1. The molecule has 4 nitrogen and oxygen atoms in total. The zero-order valence-corrected chi connectivity index (χ0v) is 14.1. The molecule has 3 unspecified atom stereocenters. The van der Waals surface area contributed by atoms with Gasteiger partial charge in [0.2, 0.25) is 5.91 Å². The van der Waals surface area contributed by atoms with Crippen molar-refractivity contribution in [1.82, 2.24) is 5.32 Å². The van der Waals surface area contributed by atoms with Gasteiger partial charge in [0, 0.05) is 17.6 Å². The average Bonchev–Trinajstić information content (AvgIpc) is 2.91. The Kier molecular flexibility index (Phi) is 4.16. The topological polar surface area (TPSA) is 55.4 Å². The van der Waals surface area contributed by atoms with Crippen LogP contribution in [-0.2, 0) is 4.79 Å². The second kappa shape index (κ2) is 6.11. The summed E-state index contributed by atoms with van der Waals surface area (Å²) in [6, 6.07) is 5.78. The van der Waals surface area contributed by atoms with Crippen molar-refractivity contribution in [2.45, 2.75) is 46.1 Å². The first-order valence-electron chi connectivity index (χ1n) is 8.09. The van der Waals surface area contributed by atoms with E-state index in [0.29, 0.717) is 11.8 Å². The molecule has 122 valence electrons. The largest absolute Gasteiger partial charge is 0.466 e. The summed E-state index contributed by atoms with van der Waals surface area (Å²) in [7, 11) is 0. The van der Waals surface area contributed by atoms with Crippen molar-refractivity contribution in [3.63, 3.8) is 0 Å². The van der Waals surface area contributed by atoms with Crippen LogP contribution in [0.1, 0.15) is 60.8 Å². The Morgan fingerprint density at radius 3 is 2.70 bits per heavy atom. The molecule has 1 N–H and O–H groups in total. The predicted molar refractivity (Wildman–Crippen MR) is 89.0 cm³/mol. The van der Waals surface area contributed by atoms with Crippen LogP contribution in [0.25, 0.3) is 6.08 Å². The monoisotopic (exact) mass is 313 g/mol. The molecule has 4 heteroatoms. The van der Waals surface area contributed by atoms with Crippen molar-refractivity contribution in [2.24, 2.45) is 5.92 Å². The Bertz CT molecular complexity index is 738. The van der Waals surface area contributed by atoms with E-state index >= 15 is 0 Å². The van der Waals surface area contributed by atoms with Gasteiger partial charge in [0.05, 0.1) is 6.04 Å². The third-order valence-corrected chi connectivity index (χ3v) is 4.43. The molecule has 1 aliphatic carbocycles. The van der Waals surface area contributed by atoms with Gasteiger partial charge in [-0.2, -0.15) is 0 Å². The van der Waals surface area contributed by atoms with Crippen LogP contribution in [0, 0.1) is 19.8 Å². The standard InChI is InChI=1S/C19H23NO3/c1-11-9-16(11)18-7-5-15(23-18)6-8-19(21)20-13(3)17-10-12(2)22-14(17)4/h5-8,10-11,13,16H,9H2,1-4H3,(H,20,21)/b8-6+. The van der Waals surface area contributed by atoms with Crippen molar-refractivity contribution < 1.29 is 13.6 Å². The predicted octanol–water partition coefficient (Wildman–Crippen LogP) is 4.50. The highest BCUT2D eigenvalue weighted by Gasteiger charge is 2.36. The Hall–Kier alpha value is -2.23. The zero-order valence-electron chi connectivity index (χ0n) is 14.1. The molecule has 2 aromatic heterocycles. The number of aryl methyl sites for hydroxylation is 2. The van der Waals surface area contributed by atoms with Gasteiger partial charge < -0.3 is 14.2 Å². The third-order valence-electron chi connectivity index (χ3n) is 4.43. The second-order valence-corrected chi connectivity index (χ2v) is 6.49. The van der Waals surface area contributed by atoms with Crippen LogP contribution in [0.2, 0.25) is 0 Å². The molecular formula is C19H23NO3. The molecule has 3 rings (SSSR count). The van der Waals surface area contributed by atoms with Gasteiger partial charge in [0.15, 0.2) is 0 Å². The molecular weight excluding hydrogens is 290 g/mol. The molecule has 0 spiro atoms. The minimum absolute atomic E-state index is 0.0934. The summed E-state index contributed by atoms with van der Waals surface area (Å²) >= 11 is 0. The highest BCUT2D eigenvalue weighted by Crippen LogP contribution is 2.47. The van der Waals surface area contributed by atoms with E-state index in [-0.39, 0.29) is 11.9 Å². The van der Waals surface area contributed by atoms with E-state index in [0.717, 1.165) is 28.6 Å². The summed E-state index contributed by atoms with van der Waals surface area (Å²) in [4.78, 5) is 12.1. The number of rotatable bonds is 5. The molecule has 0 bridgehead atoms. The van der Waals surface area contributed by atoms with E-state index < -0.39 is 0 Å². The minimum atomic E-state index is -0.145. The number of carbonyl (C=O) groups excluding carboxylic acids is 1. The normalized spacial score (nSPS) is 21.6. The van der Waals surface area contributed by atoms with Crippen LogP contribution < -0.4 is 5.32 Å². The summed E-state index contributed by atoms with van der Waals surface area (Å²) in [5, 5.41) is 2.94. The molecule has 3 atom stereocenters. The van der Waals surface area contributed by atoms with Gasteiger partial charge in [-0.3, -0.25) is 4.79 Å². The van der Waals surface area contributed by atoms with Gasteiger partial charge in [-0.15, -0.1) is 0 Å². The first kappa shape index (κ1) is 15.7. The molecule has 1 amide bonds. The van der Waals surface area contributed by atoms with Crippen LogP contribution in [0.15, 0.2) is 33.1 Å². The first-order valence-corrected chi connectivity index (χ1v) is 8.09. The molecule has 0 radical (unpaired) electrons. The Morgan fingerprint density at radius 1 is 1.35 bits per heavy atom. The minimum Gasteiger partial charge on any atom is -0.466 e. The van der Waals surface area contributed by atoms with Crippen LogP contribution in [0.3, 0.4) is 0 Å². The smallest absolute Gasteiger partial charge is 0.244 e. The highest BCUT2D eigenvalue weighted by molar-refractivity contribution is 5.91. The molecule has 2 heterocycles. The maximum absolute atomic E-state index is 12.1. The molecule has 1 aliphatic rings. The zero-order chi connectivity index (χ0) is 16.6. The van der Waals surface area contributed by atoms with Crippen molar-refractivity contribution in [3.05, 3.63) is 52.9 Å². The number of hydrogen-bond donors (Lipinski definition) is 1. The average molecular weight is 313 g/mol. The van der Waals surface area contributed by atoms with E-state index in [1.807, 2.05) is 39.0 Å². The maximum atomic E-state index is 12.1. The van der Waals surface area contributed by atoms with E-state index in [4.69, 9.17) is 8.83 Å². The first-order chi connectivity index (χ1) is 10.9. The van der Waals surface area contributed by atoms with Crippen molar-refractivity contribution in [1.29, 1.82) is 0 Å². The lowest BCUT2D eigenvalue weighted by Crippen LogP contribution is -2.24. The summed E-state index contributed by atoms with van der Waals surface area (Å²) in [5.41, 5.74) is 1.01. The Labute approximate surface area is 136 Å². The molecule has 1 fully saturated rings. The molecule has 0 saturated heterocycles. The lowest BCUT2D eigenvalue weighted by atomic mass is 10.1. The fourth-order valence-corrected chi connectivity index (χ4v) is 2.95. The molecule has 23 heavy (non-hydrogen) atoms. The van der Waals surface area contributed by atoms with Crippen LogP contribution >= 0.6 is 0 Å². The van der Waals surface area contributed by atoms with Crippen molar-refractivity contribution in [2.75, 3.05) is 0 Å². The van der Waals surface area contributed by atoms with Gasteiger partial charge in [-0.1, -0.05) is 6.92 Å². The van der Waals surface area contributed by atoms with Crippen LogP contribution in [-0.4, -0.2) is 5.91 Å². The summed E-state index contributed by atoms with van der Waals surface area (Å²) in [5.74, 6) is 4.56. The van der Waals surface area contributed by atoms with Crippen molar-refractivity contribution >= 4 is 12.0 Å². The number of furan rings is 2.